The second-order valence-corrected chi connectivity index (χ2v) is 8.01. The quantitative estimate of drug-likeness (QED) is 0.450. The second kappa shape index (κ2) is 7.78. The maximum atomic E-state index is 12.6. The highest BCUT2D eigenvalue weighted by Crippen LogP contribution is 2.27. The van der Waals surface area contributed by atoms with Crippen molar-refractivity contribution in [1.29, 1.82) is 0 Å². The zero-order valence-electron chi connectivity index (χ0n) is 12.1. The fourth-order valence-corrected chi connectivity index (χ4v) is 4.86. The van der Waals surface area contributed by atoms with Crippen LogP contribution in [0.3, 0.4) is 0 Å². The molecule has 116 valence electrons. The Morgan fingerprint density at radius 2 is 1.91 bits per heavy atom. The zero-order valence-corrected chi connectivity index (χ0v) is 16.4. The number of piperazine rings is 1. The lowest BCUT2D eigenvalue weighted by molar-refractivity contribution is -0.128. The Kier molecular flexibility index (Phi) is 5.75. The molecule has 1 saturated heterocycles. The van der Waals surface area contributed by atoms with Gasteiger partial charge in [-0.15, -0.1) is 0 Å². The van der Waals surface area contributed by atoms with Gasteiger partial charge >= 0.3 is 0 Å². The van der Waals surface area contributed by atoms with Gasteiger partial charge in [0.2, 0.25) is 0 Å². The Morgan fingerprint density at radius 3 is 2.59 bits per heavy atom. The molecule has 2 aliphatic heterocycles. The molecule has 0 spiro atoms. The van der Waals surface area contributed by atoms with E-state index in [-0.39, 0.29) is 26.9 Å². The molecule has 0 aromatic heterocycles. The van der Waals surface area contributed by atoms with E-state index in [1.165, 1.54) is 5.56 Å². The molecule has 0 aliphatic carbocycles. The molecule has 6 heteroatoms. The topological polar surface area (TPSA) is 35.9 Å². The van der Waals surface area contributed by atoms with Gasteiger partial charge < -0.3 is 4.90 Å². The van der Waals surface area contributed by atoms with Crippen LogP contribution in [-0.2, 0) is 11.3 Å². The van der Waals surface area contributed by atoms with Crippen LogP contribution in [0.4, 0.5) is 0 Å². The van der Waals surface area contributed by atoms with Gasteiger partial charge in [-0.2, -0.15) is 0 Å². The molecular weight excluding hydrogens is 504 g/mol. The van der Waals surface area contributed by atoms with E-state index in [1.807, 2.05) is 17.0 Å². The molecular formula is C16H17I2N3O. The summed E-state index contributed by atoms with van der Waals surface area (Å²) >= 11 is 1.95. The highest BCUT2D eigenvalue weighted by molar-refractivity contribution is 14.2. The number of halogens is 2. The largest absolute Gasteiger partial charge is 0.336 e. The third kappa shape index (κ3) is 4.02. The van der Waals surface area contributed by atoms with E-state index in [2.05, 4.69) is 59.0 Å². The summed E-state index contributed by atoms with van der Waals surface area (Å²) in [5.74, 6) is 0.132. The minimum Gasteiger partial charge on any atom is -0.336 e. The lowest BCUT2D eigenvalue weighted by Crippen LogP contribution is -2.48. The van der Waals surface area contributed by atoms with E-state index in [4.69, 9.17) is 0 Å². The predicted octanol–water partition coefficient (Wildman–Crippen LogP) is 3.66. The van der Waals surface area contributed by atoms with Crippen LogP contribution >= 0.6 is 43.6 Å². The number of benzene rings is 1. The second-order valence-electron chi connectivity index (χ2n) is 5.23. The van der Waals surface area contributed by atoms with E-state index in [0.717, 1.165) is 42.0 Å². The van der Waals surface area contributed by atoms with Gasteiger partial charge in [0.1, 0.15) is 3.70 Å². The summed E-state index contributed by atoms with van der Waals surface area (Å²) < 4.78 is 7.36. The lowest BCUT2D eigenvalue weighted by Gasteiger charge is -2.35. The van der Waals surface area contributed by atoms with Gasteiger partial charge in [-0.3, -0.25) is 9.69 Å². The normalized spacial score (nSPS) is 19.2. The highest BCUT2D eigenvalue weighted by Gasteiger charge is 2.24. The van der Waals surface area contributed by atoms with Gasteiger partial charge in [0.05, 0.1) is 5.57 Å². The van der Waals surface area contributed by atoms with Crippen molar-refractivity contribution in [2.75, 3.05) is 26.2 Å². The summed E-state index contributed by atoms with van der Waals surface area (Å²) in [7, 11) is 0. The SMILES string of the molecule is O=C(C1=C(I)N=IC=C1)N1CCN(Cc2ccccc2)CC1. The number of nitrogens with zero attached hydrogens (tertiary/aromatic N) is 3. The molecule has 2 aliphatic rings. The Hall–Kier alpha value is -0.610. The molecule has 3 rings (SSSR count). The van der Waals surface area contributed by atoms with Crippen molar-refractivity contribution < 1.29 is 4.79 Å². The average Bonchev–Trinajstić information content (AvgIpc) is 2.56. The first-order chi connectivity index (χ1) is 10.7. The van der Waals surface area contributed by atoms with Gasteiger partial charge in [0, 0.05) is 53.8 Å². The summed E-state index contributed by atoms with van der Waals surface area (Å²) in [5, 5.41) is 0. The maximum Gasteiger partial charge on any atom is 0.256 e. The molecule has 0 radical (unpaired) electrons. The van der Waals surface area contributed by atoms with E-state index >= 15 is 0 Å². The zero-order chi connectivity index (χ0) is 15.4. The Balaban J connectivity index is 1.57. The third-order valence-corrected chi connectivity index (χ3v) is 6.96. The van der Waals surface area contributed by atoms with Crippen LogP contribution in [0, 0.1) is 0 Å². The van der Waals surface area contributed by atoms with Crippen LogP contribution in [-0.4, -0.2) is 41.9 Å². The van der Waals surface area contributed by atoms with Crippen molar-refractivity contribution >= 4 is 49.5 Å². The first-order valence-corrected chi connectivity index (χ1v) is 10.5. The number of hydrogen-bond donors (Lipinski definition) is 0. The minimum absolute atomic E-state index is 0.132. The summed E-state index contributed by atoms with van der Waals surface area (Å²) in [6.07, 6.45) is 1.96. The van der Waals surface area contributed by atoms with Crippen molar-refractivity contribution in [2.24, 2.45) is 3.15 Å². The summed E-state index contributed by atoms with van der Waals surface area (Å²) in [6.45, 7) is 4.41. The summed E-state index contributed by atoms with van der Waals surface area (Å²) in [5.41, 5.74) is 2.10. The van der Waals surface area contributed by atoms with Crippen LogP contribution in [0.15, 0.2) is 52.9 Å². The summed E-state index contributed by atoms with van der Waals surface area (Å²) in [6, 6.07) is 10.5. The molecule has 2 heterocycles. The van der Waals surface area contributed by atoms with Gasteiger partial charge in [0.15, 0.2) is 0 Å². The van der Waals surface area contributed by atoms with E-state index in [9.17, 15) is 4.79 Å². The van der Waals surface area contributed by atoms with Crippen LogP contribution in [0.25, 0.3) is 0 Å². The van der Waals surface area contributed by atoms with E-state index in [0.29, 0.717) is 0 Å². The average molecular weight is 521 g/mol. The lowest BCUT2D eigenvalue weighted by atomic mass is 10.2. The van der Waals surface area contributed by atoms with Gasteiger partial charge in [-0.25, -0.2) is 3.15 Å². The Labute approximate surface area is 154 Å². The van der Waals surface area contributed by atoms with Gasteiger partial charge in [-0.05, 0) is 38.3 Å². The molecule has 0 N–H and O–H groups in total. The molecule has 1 fully saturated rings. The molecule has 1 aromatic rings. The Bertz CT molecular complexity index is 632. The number of rotatable bonds is 3. The molecule has 0 bridgehead atoms. The molecule has 1 amide bonds. The van der Waals surface area contributed by atoms with Gasteiger partial charge in [-0.1, -0.05) is 30.3 Å². The van der Waals surface area contributed by atoms with Crippen molar-refractivity contribution in [3.05, 3.63) is 55.3 Å². The first kappa shape index (κ1) is 16.3. The van der Waals surface area contributed by atoms with Crippen molar-refractivity contribution in [3.63, 3.8) is 0 Å². The fraction of sp³-hybridized carbons (Fsp3) is 0.312. The van der Waals surface area contributed by atoms with Crippen LogP contribution in [0.5, 0.6) is 0 Å². The maximum absolute atomic E-state index is 12.6. The van der Waals surface area contributed by atoms with Crippen LogP contribution in [0.2, 0.25) is 0 Å². The van der Waals surface area contributed by atoms with Crippen molar-refractivity contribution in [2.45, 2.75) is 6.54 Å². The smallest absolute Gasteiger partial charge is 0.256 e. The van der Waals surface area contributed by atoms with E-state index < -0.39 is 0 Å². The van der Waals surface area contributed by atoms with Crippen molar-refractivity contribution in [1.82, 2.24) is 9.80 Å². The van der Waals surface area contributed by atoms with E-state index in [1.54, 1.807) is 0 Å². The summed E-state index contributed by atoms with van der Waals surface area (Å²) in [4.78, 5) is 16.9. The molecule has 22 heavy (non-hydrogen) atoms. The minimum atomic E-state index is -0.233. The third-order valence-electron chi connectivity index (χ3n) is 3.77. The predicted molar refractivity (Wildman–Crippen MR) is 105 cm³/mol. The monoisotopic (exact) mass is 521 g/mol. The standard InChI is InChI=1S/C16H17I2N3O/c17-15-14(6-7-18-19-15)16(22)21-10-8-20(9-11-21)12-13-4-2-1-3-5-13/h1-7H,8-12H2. The van der Waals surface area contributed by atoms with Gasteiger partial charge in [0.25, 0.3) is 5.91 Å². The van der Waals surface area contributed by atoms with Crippen LogP contribution in [0.1, 0.15) is 5.56 Å². The van der Waals surface area contributed by atoms with Crippen molar-refractivity contribution in [3.8, 4) is 0 Å². The number of carbonyl (C=O) groups is 1. The Morgan fingerprint density at radius 1 is 1.18 bits per heavy atom. The molecule has 0 atom stereocenters. The molecule has 4 nitrogen and oxygen atoms in total. The van der Waals surface area contributed by atoms with Crippen LogP contribution < -0.4 is 0 Å². The molecule has 1 aromatic carbocycles. The molecule has 0 unspecified atom stereocenters. The molecule has 0 saturated carbocycles. The number of hydrogen-bond acceptors (Lipinski definition) is 3. The first-order valence-electron chi connectivity index (χ1n) is 7.19. The highest BCUT2D eigenvalue weighted by atomic mass is 127. The number of carbonyl (C=O) groups excluding carboxylic acids is 1. The fourth-order valence-electron chi connectivity index (χ4n) is 2.56. The number of amides is 1.